The van der Waals surface area contributed by atoms with Gasteiger partial charge in [0.25, 0.3) is 0 Å². The summed E-state index contributed by atoms with van der Waals surface area (Å²) in [5.41, 5.74) is 14.0. The predicted octanol–water partition coefficient (Wildman–Crippen LogP) is 9.78. The van der Waals surface area contributed by atoms with Crippen molar-refractivity contribution in [3.05, 3.63) is 129 Å². The lowest BCUT2D eigenvalue weighted by Crippen LogP contribution is -1.91. The Morgan fingerprint density at radius 1 is 0.476 bits per heavy atom. The molecule has 4 heteroatoms. The molecule has 42 heavy (non-hydrogen) atoms. The normalized spacial score (nSPS) is 11.6. The topological polar surface area (TPSA) is 65.2 Å². The highest BCUT2D eigenvalue weighted by Crippen LogP contribution is 2.34. The van der Waals surface area contributed by atoms with Gasteiger partial charge in [0.2, 0.25) is 0 Å². The molecule has 0 fully saturated rings. The lowest BCUT2D eigenvalue weighted by molar-refractivity contribution is 0.474. The molecule has 5 aromatic carbocycles. The van der Waals surface area contributed by atoms with Crippen LogP contribution in [0.25, 0.3) is 22.3 Å². The van der Waals surface area contributed by atoms with Crippen molar-refractivity contribution in [3.63, 3.8) is 0 Å². The number of nitrogens with zero attached hydrogens (tertiary/aromatic N) is 2. The number of hydrogen-bond donors (Lipinski definition) is 2. The molecular weight excluding hydrogens is 516 g/mol. The van der Waals surface area contributed by atoms with E-state index in [2.05, 4.69) is 75.8 Å². The van der Waals surface area contributed by atoms with Gasteiger partial charge in [-0.1, -0.05) is 59.7 Å². The molecule has 0 saturated heterocycles. The van der Waals surface area contributed by atoms with Gasteiger partial charge in [0.15, 0.2) is 0 Å². The van der Waals surface area contributed by atoms with Crippen molar-refractivity contribution in [2.45, 2.75) is 41.5 Å². The highest BCUT2D eigenvalue weighted by Gasteiger charge is 2.11. The first-order valence-corrected chi connectivity index (χ1v) is 14.1. The van der Waals surface area contributed by atoms with Crippen LogP contribution in [0, 0.1) is 41.5 Å². The fraction of sp³-hybridized carbons (Fsp3) is 0.158. The van der Waals surface area contributed by atoms with Gasteiger partial charge in [-0.15, -0.1) is 0 Å². The van der Waals surface area contributed by atoms with Crippen LogP contribution in [0.15, 0.2) is 94.9 Å². The fourth-order valence-corrected chi connectivity index (χ4v) is 5.85. The van der Waals surface area contributed by atoms with Gasteiger partial charge in [-0.2, -0.15) is 0 Å². The minimum atomic E-state index is 0.167. The molecule has 0 saturated carbocycles. The summed E-state index contributed by atoms with van der Waals surface area (Å²) in [5.74, 6) is 0.335. The van der Waals surface area contributed by atoms with Gasteiger partial charge in [-0.3, -0.25) is 9.98 Å². The fourth-order valence-electron chi connectivity index (χ4n) is 5.85. The number of aryl methyl sites for hydroxylation is 6. The first-order valence-electron chi connectivity index (χ1n) is 14.1. The number of phenols is 2. The summed E-state index contributed by atoms with van der Waals surface area (Å²) >= 11 is 0. The van der Waals surface area contributed by atoms with Crippen LogP contribution in [-0.4, -0.2) is 22.6 Å². The number of benzene rings is 5. The average molecular weight is 553 g/mol. The monoisotopic (exact) mass is 552 g/mol. The molecule has 0 bridgehead atoms. The molecule has 0 aliphatic carbocycles. The molecule has 0 heterocycles. The second-order valence-electron chi connectivity index (χ2n) is 11.1. The summed E-state index contributed by atoms with van der Waals surface area (Å²) in [6, 6.07) is 27.6. The van der Waals surface area contributed by atoms with Crippen LogP contribution in [0.2, 0.25) is 0 Å². The maximum Gasteiger partial charge on any atom is 0.124 e. The Hall–Kier alpha value is -4.96. The molecule has 210 valence electrons. The summed E-state index contributed by atoms with van der Waals surface area (Å²) in [6.45, 7) is 12.6. The lowest BCUT2D eigenvalue weighted by Gasteiger charge is -2.13. The Kier molecular flexibility index (Phi) is 8.08. The van der Waals surface area contributed by atoms with E-state index in [1.165, 1.54) is 33.4 Å². The van der Waals surface area contributed by atoms with Crippen LogP contribution in [0.1, 0.15) is 44.5 Å². The second-order valence-corrected chi connectivity index (χ2v) is 11.1. The Bertz CT molecular complexity index is 1680. The van der Waals surface area contributed by atoms with Crippen molar-refractivity contribution in [1.29, 1.82) is 0 Å². The molecule has 5 rings (SSSR count). The van der Waals surface area contributed by atoms with E-state index < -0.39 is 0 Å². The van der Waals surface area contributed by atoms with Gasteiger partial charge in [0.1, 0.15) is 11.5 Å². The minimum absolute atomic E-state index is 0.167. The number of para-hydroxylation sites is 2. The molecule has 0 amide bonds. The first kappa shape index (κ1) is 28.6. The molecule has 0 spiro atoms. The average Bonchev–Trinajstić information content (AvgIpc) is 2.91. The molecule has 0 atom stereocenters. The van der Waals surface area contributed by atoms with Crippen LogP contribution in [0.4, 0.5) is 11.4 Å². The second kappa shape index (κ2) is 11.9. The Balaban J connectivity index is 1.39. The minimum Gasteiger partial charge on any atom is -0.507 e. The zero-order chi connectivity index (χ0) is 30.0. The molecule has 0 unspecified atom stereocenters. The zero-order valence-electron chi connectivity index (χ0n) is 25.0. The molecule has 0 aromatic heterocycles. The molecule has 0 aliphatic rings. The Labute approximate surface area is 248 Å². The van der Waals surface area contributed by atoms with E-state index in [1.54, 1.807) is 24.6 Å². The lowest BCUT2D eigenvalue weighted by atomic mass is 9.93. The third-order valence-electron chi connectivity index (χ3n) is 7.56. The third kappa shape index (κ3) is 6.03. The number of phenolic OH excluding ortho intramolecular Hbond substituents is 2. The van der Waals surface area contributed by atoms with Gasteiger partial charge in [0, 0.05) is 23.6 Å². The largest absolute Gasteiger partial charge is 0.507 e. The van der Waals surface area contributed by atoms with E-state index in [0.29, 0.717) is 22.5 Å². The van der Waals surface area contributed by atoms with Crippen molar-refractivity contribution in [3.8, 4) is 33.8 Å². The Morgan fingerprint density at radius 3 is 1.17 bits per heavy atom. The van der Waals surface area contributed by atoms with Crippen LogP contribution >= 0.6 is 0 Å². The summed E-state index contributed by atoms with van der Waals surface area (Å²) in [6.07, 6.45) is 3.31. The number of hydrogen-bond acceptors (Lipinski definition) is 4. The van der Waals surface area contributed by atoms with Crippen molar-refractivity contribution in [2.75, 3.05) is 0 Å². The van der Waals surface area contributed by atoms with Crippen LogP contribution in [0.3, 0.4) is 0 Å². The van der Waals surface area contributed by atoms with Crippen LogP contribution in [0.5, 0.6) is 11.5 Å². The summed E-state index contributed by atoms with van der Waals surface area (Å²) in [4.78, 5) is 9.28. The summed E-state index contributed by atoms with van der Waals surface area (Å²) < 4.78 is 0. The van der Waals surface area contributed by atoms with Crippen molar-refractivity contribution < 1.29 is 10.2 Å². The zero-order valence-corrected chi connectivity index (χ0v) is 25.0. The van der Waals surface area contributed by atoms with Gasteiger partial charge in [-0.05, 0) is 122 Å². The molecule has 2 N–H and O–H groups in total. The first-order chi connectivity index (χ1) is 20.1. The maximum atomic E-state index is 10.8. The molecule has 0 radical (unpaired) electrons. The van der Waals surface area contributed by atoms with Gasteiger partial charge in [-0.25, -0.2) is 0 Å². The van der Waals surface area contributed by atoms with Gasteiger partial charge in [0.05, 0.1) is 11.4 Å². The quantitative estimate of drug-likeness (QED) is 0.206. The van der Waals surface area contributed by atoms with Gasteiger partial charge >= 0.3 is 0 Å². The summed E-state index contributed by atoms with van der Waals surface area (Å²) in [7, 11) is 0. The molecule has 4 nitrogen and oxygen atoms in total. The predicted molar refractivity (Wildman–Crippen MR) is 176 cm³/mol. The van der Waals surface area contributed by atoms with Crippen molar-refractivity contribution >= 4 is 23.8 Å². The highest BCUT2D eigenvalue weighted by atomic mass is 16.3. The van der Waals surface area contributed by atoms with Crippen LogP contribution < -0.4 is 0 Å². The standard InChI is InChI=1S/C38H36N2O2/c1-23-15-25(3)37(26(4)16-23)29-11-13-31(35(41)19-29)21-39-33-9-7-8-10-34(33)40-22-32-14-12-30(20-36(32)42)38-27(5)17-24(2)18-28(38)6/h7-22,41-42H,1-6H3/b39-21+,40-22+. The van der Waals surface area contributed by atoms with E-state index in [4.69, 9.17) is 0 Å². The number of aromatic hydroxyl groups is 2. The van der Waals surface area contributed by atoms with Crippen molar-refractivity contribution in [1.82, 2.24) is 0 Å². The molecular formula is C38H36N2O2. The van der Waals surface area contributed by atoms with Crippen molar-refractivity contribution in [2.24, 2.45) is 9.98 Å². The number of aliphatic imine (C=N–C) groups is 2. The van der Waals surface area contributed by atoms with Crippen LogP contribution in [-0.2, 0) is 0 Å². The van der Waals surface area contributed by atoms with Gasteiger partial charge < -0.3 is 10.2 Å². The molecule has 0 aliphatic heterocycles. The number of rotatable bonds is 6. The van der Waals surface area contributed by atoms with E-state index in [9.17, 15) is 10.2 Å². The maximum absolute atomic E-state index is 10.8. The summed E-state index contributed by atoms with van der Waals surface area (Å²) in [5, 5.41) is 21.6. The Morgan fingerprint density at radius 2 is 0.833 bits per heavy atom. The SMILES string of the molecule is Cc1cc(C)c(-c2ccc(/C=N/c3ccccc3/N=C/c3ccc(-c4c(C)cc(C)cc4C)cc3O)c(O)c2)c(C)c1. The van der Waals surface area contributed by atoms with E-state index in [0.717, 1.165) is 22.3 Å². The van der Waals surface area contributed by atoms with E-state index in [1.807, 2.05) is 48.5 Å². The van der Waals surface area contributed by atoms with E-state index in [-0.39, 0.29) is 11.5 Å². The smallest absolute Gasteiger partial charge is 0.124 e. The third-order valence-corrected chi connectivity index (χ3v) is 7.56. The highest BCUT2D eigenvalue weighted by molar-refractivity contribution is 5.91. The van der Waals surface area contributed by atoms with E-state index >= 15 is 0 Å². The molecule has 5 aromatic rings.